The molecule has 2 aromatic rings. The zero-order chi connectivity index (χ0) is 14.6. The van der Waals surface area contributed by atoms with Crippen molar-refractivity contribution in [1.29, 1.82) is 0 Å². The fourth-order valence-electron chi connectivity index (χ4n) is 1.96. The first kappa shape index (κ1) is 14.8. The van der Waals surface area contributed by atoms with Gasteiger partial charge in [0.2, 0.25) is 10.0 Å². The molecule has 1 aromatic heterocycles. The molecule has 1 aromatic carbocycles. The normalized spacial score (nSPS) is 12.2. The summed E-state index contributed by atoms with van der Waals surface area (Å²) in [6, 6.07) is 8.00. The Morgan fingerprint density at radius 2 is 2.10 bits per heavy atom. The number of benzene rings is 1. The maximum absolute atomic E-state index is 11.4. The monoisotopic (exact) mass is 297 g/mol. The third-order valence-electron chi connectivity index (χ3n) is 2.98. The van der Waals surface area contributed by atoms with Gasteiger partial charge in [-0.1, -0.05) is 19.1 Å². The fourth-order valence-corrected chi connectivity index (χ4v) is 2.89. The van der Waals surface area contributed by atoms with Crippen LogP contribution in [0.1, 0.15) is 13.3 Å². The van der Waals surface area contributed by atoms with E-state index in [9.17, 15) is 8.42 Å². The molecule has 0 saturated carbocycles. The molecule has 20 heavy (non-hydrogen) atoms. The van der Waals surface area contributed by atoms with Gasteiger partial charge in [0.25, 0.3) is 6.01 Å². The molecule has 0 fully saturated rings. The molecule has 1 heterocycles. The average molecular weight is 297 g/mol. The summed E-state index contributed by atoms with van der Waals surface area (Å²) in [5, 5.41) is 3.07. The molecule has 0 radical (unpaired) electrons. The van der Waals surface area contributed by atoms with Crippen LogP contribution >= 0.6 is 0 Å². The molecule has 6 nitrogen and oxygen atoms in total. The van der Waals surface area contributed by atoms with Crippen molar-refractivity contribution in [2.75, 3.05) is 31.2 Å². The van der Waals surface area contributed by atoms with E-state index in [-0.39, 0.29) is 0 Å². The summed E-state index contributed by atoms with van der Waals surface area (Å²) in [5.74, 6) is 0. The molecule has 0 aliphatic rings. The number of hydrogen-bond donors (Lipinski definition) is 1. The Bertz CT molecular complexity index is 633. The van der Waals surface area contributed by atoms with Crippen LogP contribution in [-0.4, -0.2) is 43.6 Å². The number of anilines is 1. The van der Waals surface area contributed by atoms with Crippen molar-refractivity contribution in [1.82, 2.24) is 9.29 Å². The van der Waals surface area contributed by atoms with Crippen LogP contribution < -0.4 is 5.32 Å². The lowest BCUT2D eigenvalue weighted by Crippen LogP contribution is -2.31. The Kier molecular flexibility index (Phi) is 4.61. The molecule has 7 heteroatoms. The van der Waals surface area contributed by atoms with Gasteiger partial charge in [0, 0.05) is 19.6 Å². The minimum atomic E-state index is -3.11. The van der Waals surface area contributed by atoms with Gasteiger partial charge in [-0.05, 0) is 18.6 Å². The van der Waals surface area contributed by atoms with Gasteiger partial charge in [0.15, 0.2) is 5.58 Å². The van der Waals surface area contributed by atoms with Gasteiger partial charge < -0.3 is 9.73 Å². The number of hydrogen-bond acceptors (Lipinski definition) is 5. The van der Waals surface area contributed by atoms with Crippen molar-refractivity contribution in [3.63, 3.8) is 0 Å². The van der Waals surface area contributed by atoms with Gasteiger partial charge in [0.05, 0.1) is 6.26 Å². The summed E-state index contributed by atoms with van der Waals surface area (Å²) in [6.45, 7) is 3.42. The molecule has 0 atom stereocenters. The second-order valence-corrected chi connectivity index (χ2v) is 6.50. The van der Waals surface area contributed by atoms with Gasteiger partial charge in [0.1, 0.15) is 5.52 Å². The van der Waals surface area contributed by atoms with Crippen LogP contribution in [0.15, 0.2) is 28.7 Å². The maximum Gasteiger partial charge on any atom is 0.295 e. The number of nitrogens with zero attached hydrogens (tertiary/aromatic N) is 2. The zero-order valence-electron chi connectivity index (χ0n) is 11.7. The smallest absolute Gasteiger partial charge is 0.295 e. The van der Waals surface area contributed by atoms with E-state index in [0.717, 1.165) is 11.1 Å². The van der Waals surface area contributed by atoms with Crippen molar-refractivity contribution in [2.24, 2.45) is 0 Å². The molecule has 0 aliphatic carbocycles. The molecule has 0 aliphatic heterocycles. The largest absolute Gasteiger partial charge is 0.424 e. The van der Waals surface area contributed by atoms with Crippen molar-refractivity contribution in [3.8, 4) is 0 Å². The first-order chi connectivity index (χ1) is 9.50. The highest BCUT2D eigenvalue weighted by Gasteiger charge is 2.13. The fraction of sp³-hybridized carbons (Fsp3) is 0.462. The second kappa shape index (κ2) is 6.23. The minimum Gasteiger partial charge on any atom is -0.424 e. The van der Waals surface area contributed by atoms with E-state index in [1.54, 1.807) is 0 Å². The second-order valence-electron chi connectivity index (χ2n) is 4.52. The number of fused-ring (bicyclic) bond motifs is 1. The summed E-state index contributed by atoms with van der Waals surface area (Å²) in [5.41, 5.74) is 1.54. The molecular weight excluding hydrogens is 278 g/mol. The Morgan fingerprint density at radius 1 is 1.35 bits per heavy atom. The van der Waals surface area contributed by atoms with E-state index in [1.165, 1.54) is 10.6 Å². The van der Waals surface area contributed by atoms with E-state index >= 15 is 0 Å². The van der Waals surface area contributed by atoms with Gasteiger partial charge in [-0.2, -0.15) is 4.98 Å². The van der Waals surface area contributed by atoms with Crippen LogP contribution in [0.2, 0.25) is 0 Å². The predicted octanol–water partition coefficient (Wildman–Crippen LogP) is 1.91. The van der Waals surface area contributed by atoms with Gasteiger partial charge in [-0.15, -0.1) is 0 Å². The quantitative estimate of drug-likeness (QED) is 0.790. The van der Waals surface area contributed by atoms with E-state index < -0.39 is 10.0 Å². The summed E-state index contributed by atoms with van der Waals surface area (Å²) >= 11 is 0. The highest BCUT2D eigenvalue weighted by molar-refractivity contribution is 7.88. The summed E-state index contributed by atoms with van der Waals surface area (Å²) in [4.78, 5) is 4.29. The summed E-state index contributed by atoms with van der Waals surface area (Å²) in [6.07, 6.45) is 1.92. The van der Waals surface area contributed by atoms with Gasteiger partial charge in [-0.25, -0.2) is 12.7 Å². The topological polar surface area (TPSA) is 75.4 Å². The van der Waals surface area contributed by atoms with E-state index in [2.05, 4.69) is 10.3 Å². The molecule has 0 bridgehead atoms. The van der Waals surface area contributed by atoms with Gasteiger partial charge in [-0.3, -0.25) is 0 Å². The van der Waals surface area contributed by atoms with Crippen LogP contribution in [0, 0.1) is 0 Å². The van der Waals surface area contributed by atoms with E-state index in [4.69, 9.17) is 4.42 Å². The number of nitrogens with one attached hydrogen (secondary N) is 1. The number of rotatable bonds is 7. The van der Waals surface area contributed by atoms with Crippen molar-refractivity contribution in [3.05, 3.63) is 24.3 Å². The Balaban J connectivity index is 1.84. The predicted molar refractivity (Wildman–Crippen MR) is 79.2 cm³/mol. The lowest BCUT2D eigenvalue weighted by atomic mass is 10.3. The van der Waals surface area contributed by atoms with Crippen molar-refractivity contribution in [2.45, 2.75) is 13.3 Å². The maximum atomic E-state index is 11.4. The van der Waals surface area contributed by atoms with Crippen LogP contribution in [0.25, 0.3) is 11.1 Å². The van der Waals surface area contributed by atoms with Crippen molar-refractivity contribution < 1.29 is 12.8 Å². The highest BCUT2D eigenvalue weighted by Crippen LogP contribution is 2.17. The first-order valence-corrected chi connectivity index (χ1v) is 8.40. The van der Waals surface area contributed by atoms with Crippen molar-refractivity contribution >= 4 is 27.1 Å². The third-order valence-corrected chi connectivity index (χ3v) is 4.35. The lowest BCUT2D eigenvalue weighted by molar-refractivity contribution is 0.428. The highest BCUT2D eigenvalue weighted by atomic mass is 32.2. The molecule has 0 unspecified atom stereocenters. The Hall–Kier alpha value is -1.60. The number of sulfonamides is 1. The molecule has 0 amide bonds. The van der Waals surface area contributed by atoms with Gasteiger partial charge >= 0.3 is 0 Å². The molecule has 0 saturated heterocycles. The van der Waals surface area contributed by atoms with Crippen LogP contribution in [0.3, 0.4) is 0 Å². The molecule has 1 N–H and O–H groups in total. The minimum absolute atomic E-state index is 0.466. The molecule has 0 spiro atoms. The standard InChI is InChI=1S/C13H19N3O3S/c1-3-16(20(2,17)18)10-6-9-14-13-15-11-7-4-5-8-12(11)19-13/h4-5,7-8H,3,6,9-10H2,1-2H3,(H,14,15). The molecule has 110 valence electrons. The summed E-state index contributed by atoms with van der Waals surface area (Å²) in [7, 11) is -3.11. The molecular formula is C13H19N3O3S. The number of oxazole rings is 1. The third kappa shape index (κ3) is 3.71. The zero-order valence-corrected chi connectivity index (χ0v) is 12.5. The Labute approximate surface area is 118 Å². The lowest BCUT2D eigenvalue weighted by Gasteiger charge is -2.17. The average Bonchev–Trinajstić information content (AvgIpc) is 2.79. The van der Waals surface area contributed by atoms with E-state index in [0.29, 0.717) is 32.1 Å². The van der Waals surface area contributed by atoms with Crippen LogP contribution in [0.5, 0.6) is 0 Å². The first-order valence-electron chi connectivity index (χ1n) is 6.55. The van der Waals surface area contributed by atoms with Crippen LogP contribution in [0.4, 0.5) is 6.01 Å². The van der Waals surface area contributed by atoms with Crippen LogP contribution in [-0.2, 0) is 10.0 Å². The summed E-state index contributed by atoms with van der Waals surface area (Å²) < 4.78 is 29.8. The number of aromatic nitrogens is 1. The Morgan fingerprint density at radius 3 is 2.75 bits per heavy atom. The number of para-hydroxylation sites is 2. The molecule has 2 rings (SSSR count). The van der Waals surface area contributed by atoms with E-state index in [1.807, 2.05) is 31.2 Å². The SMILES string of the molecule is CCN(CCCNc1nc2ccccc2o1)S(C)(=O)=O.